The van der Waals surface area contributed by atoms with Gasteiger partial charge in [-0.1, -0.05) is 18.9 Å². The first kappa shape index (κ1) is 10.3. The molecule has 1 rings (SSSR count). The number of methoxy groups -OCH3 is 1. The van der Waals surface area contributed by atoms with Gasteiger partial charge < -0.3 is 4.74 Å². The van der Waals surface area contributed by atoms with Gasteiger partial charge in [0.25, 0.3) is 0 Å². The van der Waals surface area contributed by atoms with Gasteiger partial charge in [-0.25, -0.2) is 0 Å². The van der Waals surface area contributed by atoms with Crippen LogP contribution >= 0.6 is 0 Å². The summed E-state index contributed by atoms with van der Waals surface area (Å²) in [7, 11) is 1.48. The molecule has 0 bridgehead atoms. The molecule has 1 saturated carbocycles. The fraction of sp³-hybridized carbons (Fsp3) is 0.727. The van der Waals surface area contributed by atoms with Crippen molar-refractivity contribution in [3.63, 3.8) is 0 Å². The van der Waals surface area contributed by atoms with Crippen LogP contribution in [0.25, 0.3) is 0 Å². The topological polar surface area (TPSA) is 26.3 Å². The molecule has 2 heteroatoms. The van der Waals surface area contributed by atoms with Gasteiger partial charge in [-0.2, -0.15) is 0 Å². The van der Waals surface area contributed by atoms with E-state index in [0.717, 1.165) is 38.5 Å². The fourth-order valence-corrected chi connectivity index (χ4v) is 2.20. The zero-order valence-corrected chi connectivity index (χ0v) is 8.34. The lowest BCUT2D eigenvalue weighted by atomic mass is 9.81. The van der Waals surface area contributed by atoms with Gasteiger partial charge in [-0.3, -0.25) is 4.79 Å². The van der Waals surface area contributed by atoms with Gasteiger partial charge in [0.1, 0.15) is 0 Å². The highest BCUT2D eigenvalue weighted by Crippen LogP contribution is 2.42. The monoisotopic (exact) mass is 182 g/mol. The van der Waals surface area contributed by atoms with Crippen LogP contribution in [0.5, 0.6) is 0 Å². The molecular formula is C11H18O2. The van der Waals surface area contributed by atoms with Gasteiger partial charge in [0, 0.05) is 0 Å². The lowest BCUT2D eigenvalue weighted by Crippen LogP contribution is -2.29. The molecule has 2 nitrogen and oxygen atoms in total. The molecule has 74 valence electrons. The van der Waals surface area contributed by atoms with E-state index in [2.05, 4.69) is 6.58 Å². The average molecular weight is 182 g/mol. The summed E-state index contributed by atoms with van der Waals surface area (Å²) >= 11 is 0. The Morgan fingerprint density at radius 3 is 2.62 bits per heavy atom. The van der Waals surface area contributed by atoms with Crippen molar-refractivity contribution in [3.8, 4) is 0 Å². The first-order chi connectivity index (χ1) is 6.25. The molecule has 0 spiro atoms. The van der Waals surface area contributed by atoms with Crippen LogP contribution in [0.2, 0.25) is 0 Å². The first-order valence-corrected chi connectivity index (χ1v) is 4.94. The minimum atomic E-state index is -0.178. The summed E-state index contributed by atoms with van der Waals surface area (Å²) in [5.41, 5.74) is -0.178. The Labute approximate surface area is 80.0 Å². The maximum atomic E-state index is 11.6. The predicted octanol–water partition coefficient (Wildman–Crippen LogP) is 2.69. The highest BCUT2D eigenvalue weighted by molar-refractivity contribution is 5.77. The zero-order valence-electron chi connectivity index (χ0n) is 8.34. The van der Waals surface area contributed by atoms with Crippen molar-refractivity contribution in [2.75, 3.05) is 7.11 Å². The van der Waals surface area contributed by atoms with Gasteiger partial charge >= 0.3 is 5.97 Å². The van der Waals surface area contributed by atoms with Gasteiger partial charge in [0.2, 0.25) is 0 Å². The number of ether oxygens (including phenoxy) is 1. The van der Waals surface area contributed by atoms with Gasteiger partial charge in [-0.15, -0.1) is 6.58 Å². The molecule has 13 heavy (non-hydrogen) atoms. The van der Waals surface area contributed by atoms with Crippen LogP contribution in [0.1, 0.15) is 38.5 Å². The highest BCUT2D eigenvalue weighted by Gasteiger charge is 2.41. The molecule has 0 unspecified atom stereocenters. The molecule has 0 atom stereocenters. The molecule has 0 aromatic heterocycles. The van der Waals surface area contributed by atoms with Crippen LogP contribution in [-0.4, -0.2) is 13.1 Å². The van der Waals surface area contributed by atoms with E-state index >= 15 is 0 Å². The normalized spacial score (nSPS) is 19.8. The molecule has 0 aromatic carbocycles. The summed E-state index contributed by atoms with van der Waals surface area (Å²) in [6.07, 6.45) is 8.00. The van der Waals surface area contributed by atoms with E-state index in [9.17, 15) is 4.79 Å². The van der Waals surface area contributed by atoms with Crippen LogP contribution in [0, 0.1) is 5.41 Å². The SMILES string of the molecule is C=CCCC1(C(=O)OC)CCCC1. The van der Waals surface area contributed by atoms with E-state index < -0.39 is 0 Å². The number of rotatable bonds is 4. The summed E-state index contributed by atoms with van der Waals surface area (Å²) in [5.74, 6) is -0.0214. The van der Waals surface area contributed by atoms with Crippen molar-refractivity contribution in [1.82, 2.24) is 0 Å². The Morgan fingerprint density at radius 1 is 1.54 bits per heavy atom. The lowest BCUT2D eigenvalue weighted by Gasteiger charge is -2.24. The molecule has 1 fully saturated rings. The standard InChI is InChI=1S/C11H18O2/c1-3-4-7-11(10(12)13-2)8-5-6-9-11/h3H,1,4-9H2,2H3. The smallest absolute Gasteiger partial charge is 0.311 e. The summed E-state index contributed by atoms with van der Waals surface area (Å²) in [5, 5.41) is 0. The molecule has 1 aliphatic carbocycles. The molecular weight excluding hydrogens is 164 g/mol. The van der Waals surface area contributed by atoms with Crippen molar-refractivity contribution in [3.05, 3.63) is 12.7 Å². The predicted molar refractivity (Wildman–Crippen MR) is 52.3 cm³/mol. The number of hydrogen-bond donors (Lipinski definition) is 0. The Balaban J connectivity index is 2.62. The Hall–Kier alpha value is -0.790. The quantitative estimate of drug-likeness (QED) is 0.493. The van der Waals surface area contributed by atoms with Gasteiger partial charge in [0.15, 0.2) is 0 Å². The van der Waals surface area contributed by atoms with Crippen LogP contribution in [-0.2, 0) is 9.53 Å². The highest BCUT2D eigenvalue weighted by atomic mass is 16.5. The maximum absolute atomic E-state index is 11.6. The molecule has 0 heterocycles. The maximum Gasteiger partial charge on any atom is 0.311 e. The Morgan fingerprint density at radius 2 is 2.15 bits per heavy atom. The summed E-state index contributed by atoms with van der Waals surface area (Å²) in [6.45, 7) is 3.69. The second-order valence-corrected chi connectivity index (χ2v) is 3.81. The number of esters is 1. The Bertz CT molecular complexity index is 190. The third kappa shape index (κ3) is 2.11. The van der Waals surface area contributed by atoms with E-state index in [1.165, 1.54) is 7.11 Å². The zero-order chi connectivity index (χ0) is 9.73. The number of allylic oxidation sites excluding steroid dienone is 1. The van der Waals surface area contributed by atoms with Crippen LogP contribution in [0.15, 0.2) is 12.7 Å². The summed E-state index contributed by atoms with van der Waals surface area (Å²) < 4.78 is 4.86. The first-order valence-electron chi connectivity index (χ1n) is 4.94. The summed E-state index contributed by atoms with van der Waals surface area (Å²) in [6, 6.07) is 0. The van der Waals surface area contributed by atoms with E-state index in [-0.39, 0.29) is 11.4 Å². The molecule has 0 amide bonds. The van der Waals surface area contributed by atoms with E-state index in [1.807, 2.05) is 6.08 Å². The molecule has 0 aliphatic heterocycles. The van der Waals surface area contributed by atoms with Crippen LogP contribution in [0.4, 0.5) is 0 Å². The molecule has 0 radical (unpaired) electrons. The van der Waals surface area contributed by atoms with Crippen molar-refractivity contribution in [1.29, 1.82) is 0 Å². The van der Waals surface area contributed by atoms with E-state index in [0.29, 0.717) is 0 Å². The van der Waals surface area contributed by atoms with Crippen molar-refractivity contribution in [2.45, 2.75) is 38.5 Å². The number of carbonyl (C=O) groups is 1. The average Bonchev–Trinajstić information content (AvgIpc) is 2.63. The number of carbonyl (C=O) groups excluding carboxylic acids is 1. The molecule has 0 N–H and O–H groups in total. The van der Waals surface area contributed by atoms with Crippen molar-refractivity contribution < 1.29 is 9.53 Å². The van der Waals surface area contributed by atoms with Crippen LogP contribution in [0.3, 0.4) is 0 Å². The minimum absolute atomic E-state index is 0.0214. The second kappa shape index (κ2) is 4.45. The molecule has 1 aliphatic rings. The summed E-state index contributed by atoms with van der Waals surface area (Å²) in [4.78, 5) is 11.6. The van der Waals surface area contributed by atoms with Gasteiger partial charge in [-0.05, 0) is 25.7 Å². The second-order valence-electron chi connectivity index (χ2n) is 3.81. The minimum Gasteiger partial charge on any atom is -0.469 e. The van der Waals surface area contributed by atoms with E-state index in [4.69, 9.17) is 4.74 Å². The Kier molecular flexibility index (Phi) is 3.52. The van der Waals surface area contributed by atoms with Crippen LogP contribution < -0.4 is 0 Å². The molecule has 0 aromatic rings. The largest absolute Gasteiger partial charge is 0.469 e. The van der Waals surface area contributed by atoms with Crippen molar-refractivity contribution >= 4 is 5.97 Å². The third-order valence-corrected chi connectivity index (χ3v) is 3.01. The lowest BCUT2D eigenvalue weighted by molar-refractivity contribution is -0.152. The van der Waals surface area contributed by atoms with Crippen molar-refractivity contribution in [2.24, 2.45) is 5.41 Å². The van der Waals surface area contributed by atoms with E-state index in [1.54, 1.807) is 0 Å². The molecule has 0 saturated heterocycles. The fourth-order valence-electron chi connectivity index (χ4n) is 2.20. The number of hydrogen-bond acceptors (Lipinski definition) is 2. The van der Waals surface area contributed by atoms with Gasteiger partial charge in [0.05, 0.1) is 12.5 Å². The third-order valence-electron chi connectivity index (χ3n) is 3.01.